The normalized spacial score (nSPS) is 28.0. The maximum Gasteiger partial charge on any atom is 0.145 e. The summed E-state index contributed by atoms with van der Waals surface area (Å²) < 4.78 is 0. The molecule has 1 aromatic carbocycles. The number of fused-ring (bicyclic) bond motifs is 1. The molecule has 1 aromatic rings. The first-order valence-corrected chi connectivity index (χ1v) is 8.21. The van der Waals surface area contributed by atoms with Crippen LogP contribution in [0, 0.1) is 23.2 Å². The number of hydrogen-bond donors (Lipinski definition) is 1. The van der Waals surface area contributed by atoms with Gasteiger partial charge in [-0.2, -0.15) is 5.26 Å². The summed E-state index contributed by atoms with van der Waals surface area (Å²) >= 11 is 0. The van der Waals surface area contributed by atoms with Gasteiger partial charge in [-0.1, -0.05) is 43.7 Å². The predicted octanol–water partition coefficient (Wildman–Crippen LogP) is 2.75. The van der Waals surface area contributed by atoms with E-state index in [4.69, 9.17) is 0 Å². The van der Waals surface area contributed by atoms with Crippen molar-refractivity contribution in [2.75, 3.05) is 26.2 Å². The van der Waals surface area contributed by atoms with Gasteiger partial charge < -0.3 is 0 Å². The fourth-order valence-corrected chi connectivity index (χ4v) is 4.21. The highest BCUT2D eigenvalue weighted by Gasteiger charge is 2.41. The van der Waals surface area contributed by atoms with Crippen LogP contribution in [0.4, 0.5) is 0 Å². The maximum absolute atomic E-state index is 9.89. The molecule has 0 spiro atoms. The minimum Gasteiger partial charge on any atom is -0.299 e. The lowest BCUT2D eigenvalue weighted by Crippen LogP contribution is -2.49. The first kappa shape index (κ1) is 14.6. The second-order valence-corrected chi connectivity index (χ2v) is 6.56. The fourth-order valence-electron chi connectivity index (χ4n) is 4.21. The number of likely N-dealkylation sites (tertiary alicyclic amines) is 1. The van der Waals surface area contributed by atoms with Gasteiger partial charge in [-0.15, -0.1) is 0 Å². The molecular formula is C18H25N3. The van der Waals surface area contributed by atoms with Gasteiger partial charge in [0.1, 0.15) is 5.54 Å². The van der Waals surface area contributed by atoms with Gasteiger partial charge >= 0.3 is 0 Å². The minimum atomic E-state index is -0.575. The third-order valence-corrected chi connectivity index (χ3v) is 5.20. The lowest BCUT2D eigenvalue weighted by molar-refractivity contribution is 0.237. The van der Waals surface area contributed by atoms with Crippen LogP contribution in [0.5, 0.6) is 0 Å². The molecule has 1 aliphatic heterocycles. The summed E-state index contributed by atoms with van der Waals surface area (Å²) in [6, 6.07) is 12.8. The number of nitrogens with one attached hydrogen (secondary N) is 1. The molecule has 1 heterocycles. The van der Waals surface area contributed by atoms with E-state index in [1.54, 1.807) is 0 Å². The van der Waals surface area contributed by atoms with Crippen molar-refractivity contribution in [3.05, 3.63) is 35.9 Å². The molecule has 21 heavy (non-hydrogen) atoms. The average molecular weight is 283 g/mol. The van der Waals surface area contributed by atoms with Gasteiger partial charge in [-0.25, -0.2) is 0 Å². The number of nitriles is 1. The van der Waals surface area contributed by atoms with Crippen molar-refractivity contribution < 1.29 is 0 Å². The third kappa shape index (κ3) is 2.84. The summed E-state index contributed by atoms with van der Waals surface area (Å²) in [5.41, 5.74) is 0.515. The highest BCUT2D eigenvalue weighted by atomic mass is 15.2. The molecule has 3 unspecified atom stereocenters. The molecule has 3 atom stereocenters. The Balaban J connectivity index is 1.79. The highest BCUT2D eigenvalue weighted by Crippen LogP contribution is 2.38. The standard InChI is InChI=1S/C18H25N3/c1-2-20-18(13-19,17-9-4-3-5-10-17)14-21-11-15-7-6-8-16(15)12-21/h3-5,9-10,15-16,20H,2,6-8,11-12,14H2,1H3. The van der Waals surface area contributed by atoms with Crippen molar-refractivity contribution in [1.82, 2.24) is 10.2 Å². The van der Waals surface area contributed by atoms with Crippen LogP contribution in [0.3, 0.4) is 0 Å². The first-order valence-electron chi connectivity index (χ1n) is 8.21. The average Bonchev–Trinajstić information content (AvgIpc) is 3.08. The highest BCUT2D eigenvalue weighted by molar-refractivity contribution is 5.32. The van der Waals surface area contributed by atoms with Crippen molar-refractivity contribution in [2.24, 2.45) is 11.8 Å². The van der Waals surface area contributed by atoms with Gasteiger partial charge in [0.15, 0.2) is 0 Å². The predicted molar refractivity (Wildman–Crippen MR) is 84.7 cm³/mol. The van der Waals surface area contributed by atoms with Crippen LogP contribution in [-0.4, -0.2) is 31.1 Å². The lowest BCUT2D eigenvalue weighted by Gasteiger charge is -2.32. The van der Waals surface area contributed by atoms with Crippen LogP contribution in [-0.2, 0) is 5.54 Å². The SMILES string of the molecule is CCNC(C#N)(CN1CC2CCCC2C1)c1ccccc1. The van der Waals surface area contributed by atoms with Crippen LogP contribution in [0.1, 0.15) is 31.7 Å². The lowest BCUT2D eigenvalue weighted by atomic mass is 9.90. The molecule has 112 valence electrons. The van der Waals surface area contributed by atoms with Crippen molar-refractivity contribution in [3.63, 3.8) is 0 Å². The molecule has 0 amide bonds. The van der Waals surface area contributed by atoms with Gasteiger partial charge in [0.2, 0.25) is 0 Å². The number of nitrogens with zero attached hydrogens (tertiary/aromatic N) is 2. The van der Waals surface area contributed by atoms with E-state index >= 15 is 0 Å². The summed E-state index contributed by atoms with van der Waals surface area (Å²) in [5.74, 6) is 1.75. The first-order chi connectivity index (χ1) is 10.3. The monoisotopic (exact) mass is 283 g/mol. The van der Waals surface area contributed by atoms with Crippen LogP contribution in [0.25, 0.3) is 0 Å². The molecule has 1 N–H and O–H groups in total. The van der Waals surface area contributed by atoms with E-state index in [1.807, 2.05) is 18.2 Å². The summed E-state index contributed by atoms with van der Waals surface area (Å²) in [6.45, 7) is 6.03. The van der Waals surface area contributed by atoms with Crippen molar-refractivity contribution in [3.8, 4) is 6.07 Å². The van der Waals surface area contributed by atoms with E-state index in [0.717, 1.165) is 30.5 Å². The van der Waals surface area contributed by atoms with Gasteiger partial charge in [0, 0.05) is 19.6 Å². The molecule has 0 aromatic heterocycles. The third-order valence-electron chi connectivity index (χ3n) is 5.20. The molecule has 3 rings (SSSR count). The van der Waals surface area contributed by atoms with E-state index in [-0.39, 0.29) is 0 Å². The second-order valence-electron chi connectivity index (χ2n) is 6.56. The van der Waals surface area contributed by atoms with Crippen molar-refractivity contribution in [2.45, 2.75) is 31.7 Å². The van der Waals surface area contributed by atoms with Crippen LogP contribution in [0.15, 0.2) is 30.3 Å². The summed E-state index contributed by atoms with van der Waals surface area (Å²) in [7, 11) is 0. The Hall–Kier alpha value is -1.37. The van der Waals surface area contributed by atoms with Gasteiger partial charge in [-0.05, 0) is 36.8 Å². The van der Waals surface area contributed by atoms with E-state index in [2.05, 4.69) is 35.3 Å². The van der Waals surface area contributed by atoms with E-state index in [1.165, 1.54) is 32.4 Å². The Bertz CT molecular complexity index is 495. The molecular weight excluding hydrogens is 258 g/mol. The van der Waals surface area contributed by atoms with Crippen LogP contribution < -0.4 is 5.32 Å². The molecule has 0 radical (unpaired) electrons. The topological polar surface area (TPSA) is 39.1 Å². The molecule has 2 fully saturated rings. The number of benzene rings is 1. The van der Waals surface area contributed by atoms with Crippen molar-refractivity contribution in [1.29, 1.82) is 5.26 Å². The van der Waals surface area contributed by atoms with Crippen LogP contribution >= 0.6 is 0 Å². The van der Waals surface area contributed by atoms with E-state index < -0.39 is 5.54 Å². The Kier molecular flexibility index (Phi) is 4.28. The zero-order valence-corrected chi connectivity index (χ0v) is 12.9. The quantitative estimate of drug-likeness (QED) is 0.903. The Morgan fingerprint density at radius 2 is 1.90 bits per heavy atom. The molecule has 1 aliphatic carbocycles. The fraction of sp³-hybridized carbons (Fsp3) is 0.611. The molecule has 1 saturated heterocycles. The minimum absolute atomic E-state index is 0.575. The van der Waals surface area contributed by atoms with Gasteiger partial charge in [0.25, 0.3) is 0 Å². The summed E-state index contributed by atoms with van der Waals surface area (Å²) in [4.78, 5) is 2.51. The molecule has 3 nitrogen and oxygen atoms in total. The van der Waals surface area contributed by atoms with Crippen molar-refractivity contribution >= 4 is 0 Å². The van der Waals surface area contributed by atoms with Crippen LogP contribution in [0.2, 0.25) is 0 Å². The second kappa shape index (κ2) is 6.17. The Labute approximate surface area is 128 Å². The summed E-state index contributed by atoms with van der Waals surface area (Å²) in [6.07, 6.45) is 4.17. The zero-order valence-electron chi connectivity index (χ0n) is 12.9. The smallest absolute Gasteiger partial charge is 0.145 e. The maximum atomic E-state index is 9.89. The van der Waals surface area contributed by atoms with E-state index in [9.17, 15) is 5.26 Å². The Morgan fingerprint density at radius 3 is 2.48 bits per heavy atom. The molecule has 3 heteroatoms. The number of hydrogen-bond acceptors (Lipinski definition) is 3. The van der Waals surface area contributed by atoms with Gasteiger partial charge in [0.05, 0.1) is 6.07 Å². The number of rotatable bonds is 5. The molecule has 1 saturated carbocycles. The number of likely N-dealkylation sites (N-methyl/N-ethyl adjacent to an activating group) is 1. The van der Waals surface area contributed by atoms with E-state index in [0.29, 0.717) is 0 Å². The molecule has 0 bridgehead atoms. The molecule has 2 aliphatic rings. The van der Waals surface area contributed by atoms with Gasteiger partial charge in [-0.3, -0.25) is 10.2 Å². The zero-order chi connectivity index (χ0) is 14.7. The largest absolute Gasteiger partial charge is 0.299 e. The Morgan fingerprint density at radius 1 is 1.24 bits per heavy atom. The summed E-state index contributed by atoms with van der Waals surface area (Å²) in [5, 5.41) is 13.3.